The summed E-state index contributed by atoms with van der Waals surface area (Å²) in [5.74, 6) is -2.38. The van der Waals surface area contributed by atoms with Crippen LogP contribution in [0.15, 0.2) is 0 Å². The molecule has 0 aliphatic carbocycles. The van der Waals surface area contributed by atoms with E-state index in [0.29, 0.717) is 19.8 Å². The fraction of sp³-hybridized carbons (Fsp3) is 0.951. The van der Waals surface area contributed by atoms with E-state index in [2.05, 4.69) is 19.2 Å². The first-order chi connectivity index (χ1) is 25.1. The zero-order chi connectivity index (χ0) is 38.0. The van der Waals surface area contributed by atoms with Crippen molar-refractivity contribution in [3.63, 3.8) is 0 Å². The summed E-state index contributed by atoms with van der Waals surface area (Å²) in [6, 6.07) is -0.829. The van der Waals surface area contributed by atoms with Gasteiger partial charge in [-0.1, -0.05) is 129 Å². The number of fused-ring (bicyclic) bond motifs is 1. The largest absolute Gasteiger partial charge is 0.479 e. The van der Waals surface area contributed by atoms with Gasteiger partial charge in [-0.25, -0.2) is 4.79 Å². The zero-order valence-electron chi connectivity index (χ0n) is 33.8. The van der Waals surface area contributed by atoms with E-state index in [1.54, 1.807) is 13.8 Å². The average Bonchev–Trinajstić information content (AvgIpc) is 3.10. The molecule has 1 amide bonds. The Morgan fingerprint density at radius 3 is 1.83 bits per heavy atom. The number of aliphatic carboxylic acids is 1. The molecule has 2 fully saturated rings. The average molecular weight is 744 g/mol. The van der Waals surface area contributed by atoms with Crippen LogP contribution in [0.2, 0.25) is 0 Å². The Morgan fingerprint density at radius 2 is 1.31 bits per heavy atom. The standard InChI is InChI=1S/C41H77NO10/c1-7-9-11-13-15-17-19-21-23-25-27-46-29-34(47-28-26-24-22-20-18-16-14-12-10-8-2)30-48-40-36(42-33(4)43)38(50-32(3)39(44)45)37-35(51-40)31-49-41(5,6)52-37/h32,34-38,40H,7-31H2,1-6H3,(H,42,43)(H,44,45)/t32-,34?,35-,36-,37-,38-,40-/m1/s1. The molecule has 52 heavy (non-hydrogen) atoms. The van der Waals surface area contributed by atoms with Crippen LogP contribution in [0.25, 0.3) is 0 Å². The van der Waals surface area contributed by atoms with Crippen LogP contribution in [-0.4, -0.2) is 98.7 Å². The first-order valence-electron chi connectivity index (χ1n) is 21.0. The highest BCUT2D eigenvalue weighted by Gasteiger charge is 2.53. The number of carboxylic acid groups (broad SMARTS) is 1. The minimum atomic E-state index is -1.15. The number of unbranched alkanes of at least 4 members (excludes halogenated alkanes) is 18. The van der Waals surface area contributed by atoms with Gasteiger partial charge in [-0.15, -0.1) is 0 Å². The summed E-state index contributed by atoms with van der Waals surface area (Å²) in [5.41, 5.74) is 0. The maximum Gasteiger partial charge on any atom is 0.332 e. The fourth-order valence-corrected chi connectivity index (χ4v) is 6.90. The van der Waals surface area contributed by atoms with Gasteiger partial charge in [0.1, 0.15) is 30.5 Å². The number of hydrogen-bond acceptors (Lipinski definition) is 9. The number of carboxylic acids is 1. The molecule has 11 heteroatoms. The lowest BCUT2D eigenvalue weighted by Gasteiger charge is -2.51. The Balaban J connectivity index is 1.94. The molecule has 0 bridgehead atoms. The molecule has 2 saturated heterocycles. The molecule has 0 aromatic carbocycles. The van der Waals surface area contributed by atoms with Gasteiger partial charge in [0, 0.05) is 20.1 Å². The van der Waals surface area contributed by atoms with Gasteiger partial charge >= 0.3 is 5.97 Å². The normalized spacial score (nSPS) is 23.9. The zero-order valence-corrected chi connectivity index (χ0v) is 33.8. The van der Waals surface area contributed by atoms with E-state index in [-0.39, 0.29) is 25.2 Å². The molecular formula is C41H77NO10. The molecule has 2 rings (SSSR count). The van der Waals surface area contributed by atoms with Gasteiger partial charge in [-0.2, -0.15) is 0 Å². The van der Waals surface area contributed by atoms with Gasteiger partial charge in [0.25, 0.3) is 0 Å². The molecule has 2 aliphatic rings. The number of amides is 1. The second-order valence-electron chi connectivity index (χ2n) is 15.4. The molecule has 2 N–H and O–H groups in total. The first-order valence-corrected chi connectivity index (χ1v) is 21.0. The highest BCUT2D eigenvalue weighted by molar-refractivity contribution is 5.73. The SMILES string of the molecule is CCCCCCCCCCCCOCC(CO[C@@H]1O[C@@H]2COC(C)(C)O[C@H]2[C@H](O[C@H](C)C(=O)O)[C@H]1NC(C)=O)OCCCCCCCCCCCC. The minimum Gasteiger partial charge on any atom is -0.479 e. The van der Waals surface area contributed by atoms with Crippen LogP contribution in [0.4, 0.5) is 0 Å². The second kappa shape index (κ2) is 28.1. The highest BCUT2D eigenvalue weighted by atomic mass is 16.8. The summed E-state index contributed by atoms with van der Waals surface area (Å²) in [6.07, 6.45) is 20.6. The lowest BCUT2D eigenvalue weighted by Crippen LogP contribution is -2.69. The second-order valence-corrected chi connectivity index (χ2v) is 15.4. The molecule has 11 nitrogen and oxygen atoms in total. The smallest absolute Gasteiger partial charge is 0.332 e. The van der Waals surface area contributed by atoms with E-state index < -0.39 is 48.5 Å². The van der Waals surface area contributed by atoms with Gasteiger partial charge < -0.3 is 43.6 Å². The van der Waals surface area contributed by atoms with Crippen LogP contribution in [0, 0.1) is 0 Å². The third-order valence-electron chi connectivity index (χ3n) is 9.98. The predicted molar refractivity (Wildman–Crippen MR) is 203 cm³/mol. The number of hydrogen-bond donors (Lipinski definition) is 2. The number of nitrogens with one attached hydrogen (secondary N) is 1. The van der Waals surface area contributed by atoms with Crippen LogP contribution in [0.1, 0.15) is 170 Å². The molecule has 1 unspecified atom stereocenters. The van der Waals surface area contributed by atoms with Crippen molar-refractivity contribution in [3.8, 4) is 0 Å². The maximum absolute atomic E-state index is 12.4. The molecule has 2 aliphatic heterocycles. The van der Waals surface area contributed by atoms with Crippen LogP contribution in [0.3, 0.4) is 0 Å². The van der Waals surface area contributed by atoms with E-state index in [1.165, 1.54) is 117 Å². The van der Waals surface area contributed by atoms with Gasteiger partial charge in [-0.3, -0.25) is 4.79 Å². The third-order valence-corrected chi connectivity index (χ3v) is 9.98. The third kappa shape index (κ3) is 20.4. The number of ether oxygens (including phenoxy) is 7. The van der Waals surface area contributed by atoms with Gasteiger partial charge in [0.05, 0.1) is 19.8 Å². The van der Waals surface area contributed by atoms with Gasteiger partial charge in [0.2, 0.25) is 5.91 Å². The van der Waals surface area contributed by atoms with Crippen LogP contribution in [0.5, 0.6) is 0 Å². The first kappa shape index (κ1) is 46.8. The van der Waals surface area contributed by atoms with E-state index in [0.717, 1.165) is 25.7 Å². The molecule has 0 saturated carbocycles. The molecule has 306 valence electrons. The lowest BCUT2D eigenvalue weighted by atomic mass is 9.94. The van der Waals surface area contributed by atoms with Crippen LogP contribution >= 0.6 is 0 Å². The Labute approximate surface area is 316 Å². The Hall–Kier alpha value is -1.34. The molecule has 2 heterocycles. The predicted octanol–water partition coefficient (Wildman–Crippen LogP) is 8.49. The minimum absolute atomic E-state index is 0.169. The Morgan fingerprint density at radius 1 is 0.788 bits per heavy atom. The van der Waals surface area contributed by atoms with E-state index in [1.807, 2.05) is 0 Å². The van der Waals surface area contributed by atoms with Crippen molar-refractivity contribution >= 4 is 11.9 Å². The summed E-state index contributed by atoms with van der Waals surface area (Å²) >= 11 is 0. The van der Waals surface area contributed by atoms with Crippen molar-refractivity contribution in [1.29, 1.82) is 0 Å². The molecular weight excluding hydrogens is 666 g/mol. The summed E-state index contributed by atoms with van der Waals surface area (Å²) in [7, 11) is 0. The fourth-order valence-electron chi connectivity index (χ4n) is 6.90. The van der Waals surface area contributed by atoms with E-state index in [9.17, 15) is 14.7 Å². The van der Waals surface area contributed by atoms with Crippen LogP contribution in [-0.2, 0) is 42.7 Å². The number of carbonyl (C=O) groups is 2. The molecule has 0 radical (unpaired) electrons. The van der Waals surface area contributed by atoms with Crippen molar-refractivity contribution in [2.75, 3.05) is 33.0 Å². The van der Waals surface area contributed by atoms with Crippen molar-refractivity contribution in [1.82, 2.24) is 5.32 Å². The Bertz CT molecular complexity index is 920. The molecule has 7 atom stereocenters. The van der Waals surface area contributed by atoms with Gasteiger partial charge in [-0.05, 0) is 33.6 Å². The quantitative estimate of drug-likeness (QED) is 0.0647. The van der Waals surface area contributed by atoms with E-state index in [4.69, 9.17) is 33.2 Å². The summed E-state index contributed by atoms with van der Waals surface area (Å²) < 4.78 is 43.2. The van der Waals surface area contributed by atoms with Crippen molar-refractivity contribution in [2.45, 2.75) is 219 Å². The van der Waals surface area contributed by atoms with Crippen molar-refractivity contribution in [3.05, 3.63) is 0 Å². The molecule has 0 aromatic heterocycles. The summed E-state index contributed by atoms with van der Waals surface area (Å²) in [6.45, 7) is 13.0. The summed E-state index contributed by atoms with van der Waals surface area (Å²) in [4.78, 5) is 24.2. The van der Waals surface area contributed by atoms with Crippen molar-refractivity contribution in [2.24, 2.45) is 0 Å². The highest BCUT2D eigenvalue weighted by Crippen LogP contribution is 2.35. The number of rotatable bonds is 32. The molecule has 0 aromatic rings. The van der Waals surface area contributed by atoms with E-state index >= 15 is 0 Å². The van der Waals surface area contributed by atoms with Crippen molar-refractivity contribution < 1.29 is 47.9 Å². The maximum atomic E-state index is 12.4. The lowest BCUT2D eigenvalue weighted by molar-refractivity contribution is -0.375. The topological polar surface area (TPSA) is 131 Å². The summed E-state index contributed by atoms with van der Waals surface area (Å²) in [5, 5.41) is 12.6. The van der Waals surface area contributed by atoms with Crippen LogP contribution < -0.4 is 5.32 Å². The Kier molecular flexibility index (Phi) is 25.3. The van der Waals surface area contributed by atoms with Gasteiger partial charge in [0.15, 0.2) is 18.2 Å². The number of carbonyl (C=O) groups excluding carboxylic acids is 1. The monoisotopic (exact) mass is 744 g/mol. The molecule has 0 spiro atoms.